The second-order valence-electron chi connectivity index (χ2n) is 4.84. The van der Waals surface area contributed by atoms with Crippen LogP contribution in [0.25, 0.3) is 0 Å². The van der Waals surface area contributed by atoms with E-state index >= 15 is 0 Å². The Labute approximate surface area is 143 Å². The molecule has 0 radical (unpaired) electrons. The van der Waals surface area contributed by atoms with Gasteiger partial charge in [-0.25, -0.2) is 9.18 Å². The Bertz CT molecular complexity index is 690. The summed E-state index contributed by atoms with van der Waals surface area (Å²) in [4.78, 5) is 23.4. The van der Waals surface area contributed by atoms with Crippen molar-refractivity contribution in [1.82, 2.24) is 10.6 Å². The van der Waals surface area contributed by atoms with E-state index in [0.717, 1.165) is 11.6 Å². The molecular weight excluding hydrogens is 335 g/mol. The van der Waals surface area contributed by atoms with Crippen molar-refractivity contribution in [2.75, 3.05) is 13.1 Å². The lowest BCUT2D eigenvalue weighted by Gasteiger charge is -2.09. The Hall–Kier alpha value is -2.60. The second kappa shape index (κ2) is 8.88. The first-order chi connectivity index (χ1) is 11.6. The Morgan fingerprint density at radius 1 is 1.00 bits per heavy atom. The minimum Gasteiger partial charge on any atom is -0.445 e. The molecule has 2 amide bonds. The van der Waals surface area contributed by atoms with Gasteiger partial charge in [-0.3, -0.25) is 4.79 Å². The van der Waals surface area contributed by atoms with Crippen LogP contribution < -0.4 is 10.6 Å². The van der Waals surface area contributed by atoms with Crippen molar-refractivity contribution in [3.05, 3.63) is 70.5 Å². The minimum atomic E-state index is -0.699. The van der Waals surface area contributed by atoms with Crippen LogP contribution in [0.4, 0.5) is 9.18 Å². The highest BCUT2D eigenvalue weighted by atomic mass is 35.5. The molecule has 0 atom stereocenters. The van der Waals surface area contributed by atoms with E-state index in [1.54, 1.807) is 0 Å². The standard InChI is InChI=1S/C17H16ClFN2O3/c18-13-7-4-8-14(19)15(13)16(22)20-9-10-21-17(23)24-11-12-5-2-1-3-6-12/h1-8H,9-11H2,(H,20,22)(H,21,23). The van der Waals surface area contributed by atoms with Crippen molar-refractivity contribution in [3.8, 4) is 0 Å². The van der Waals surface area contributed by atoms with Gasteiger partial charge < -0.3 is 15.4 Å². The van der Waals surface area contributed by atoms with Gasteiger partial charge in [0, 0.05) is 13.1 Å². The van der Waals surface area contributed by atoms with Crippen molar-refractivity contribution in [3.63, 3.8) is 0 Å². The summed E-state index contributed by atoms with van der Waals surface area (Å²) in [5.74, 6) is -1.34. The van der Waals surface area contributed by atoms with Gasteiger partial charge in [-0.2, -0.15) is 0 Å². The molecule has 0 bridgehead atoms. The zero-order valence-corrected chi connectivity index (χ0v) is 13.5. The first-order valence-electron chi connectivity index (χ1n) is 7.24. The topological polar surface area (TPSA) is 67.4 Å². The van der Waals surface area contributed by atoms with E-state index in [1.165, 1.54) is 12.1 Å². The van der Waals surface area contributed by atoms with Crippen LogP contribution in [0.3, 0.4) is 0 Å². The van der Waals surface area contributed by atoms with E-state index in [2.05, 4.69) is 10.6 Å². The third kappa shape index (κ3) is 5.24. The molecule has 0 heterocycles. The Balaban J connectivity index is 1.69. The first kappa shape index (κ1) is 17.7. The Kier molecular flexibility index (Phi) is 6.57. The molecule has 2 aromatic carbocycles. The zero-order valence-electron chi connectivity index (χ0n) is 12.7. The maximum Gasteiger partial charge on any atom is 0.407 e. The second-order valence-corrected chi connectivity index (χ2v) is 5.25. The molecule has 0 aromatic heterocycles. The van der Waals surface area contributed by atoms with Gasteiger partial charge in [0.25, 0.3) is 5.91 Å². The molecule has 0 fully saturated rings. The van der Waals surface area contributed by atoms with E-state index in [4.69, 9.17) is 16.3 Å². The third-order valence-electron chi connectivity index (χ3n) is 3.08. The molecule has 2 N–H and O–H groups in total. The Morgan fingerprint density at radius 3 is 2.42 bits per heavy atom. The monoisotopic (exact) mass is 350 g/mol. The van der Waals surface area contributed by atoms with Crippen LogP contribution in [0, 0.1) is 5.82 Å². The van der Waals surface area contributed by atoms with E-state index in [9.17, 15) is 14.0 Å². The number of hydrogen-bond acceptors (Lipinski definition) is 3. The highest BCUT2D eigenvalue weighted by Crippen LogP contribution is 2.18. The largest absolute Gasteiger partial charge is 0.445 e. The van der Waals surface area contributed by atoms with Crippen LogP contribution in [0.2, 0.25) is 5.02 Å². The number of alkyl carbamates (subject to hydrolysis) is 1. The third-order valence-corrected chi connectivity index (χ3v) is 3.40. The van der Waals surface area contributed by atoms with Crippen LogP contribution >= 0.6 is 11.6 Å². The fraction of sp³-hybridized carbons (Fsp3) is 0.176. The minimum absolute atomic E-state index is 0.0303. The van der Waals surface area contributed by atoms with Gasteiger partial charge in [-0.15, -0.1) is 0 Å². The molecule has 0 saturated carbocycles. The molecule has 0 aliphatic carbocycles. The number of amides is 2. The normalized spacial score (nSPS) is 10.1. The van der Waals surface area contributed by atoms with Gasteiger partial charge in [0.15, 0.2) is 0 Å². The number of ether oxygens (including phenoxy) is 1. The molecule has 0 aliphatic rings. The van der Waals surface area contributed by atoms with Gasteiger partial charge in [-0.1, -0.05) is 48.0 Å². The fourth-order valence-electron chi connectivity index (χ4n) is 1.92. The lowest BCUT2D eigenvalue weighted by Crippen LogP contribution is -2.35. The van der Waals surface area contributed by atoms with Crippen LogP contribution in [-0.4, -0.2) is 25.1 Å². The lowest BCUT2D eigenvalue weighted by atomic mass is 10.2. The first-order valence-corrected chi connectivity index (χ1v) is 7.62. The number of nitrogens with one attached hydrogen (secondary N) is 2. The highest BCUT2D eigenvalue weighted by molar-refractivity contribution is 6.33. The summed E-state index contributed by atoms with van der Waals surface area (Å²) in [6, 6.07) is 13.2. The van der Waals surface area contributed by atoms with E-state index in [1.807, 2.05) is 30.3 Å². The molecule has 2 aromatic rings. The van der Waals surface area contributed by atoms with Gasteiger partial charge in [0.1, 0.15) is 12.4 Å². The van der Waals surface area contributed by atoms with Crippen molar-refractivity contribution in [2.24, 2.45) is 0 Å². The zero-order chi connectivity index (χ0) is 17.4. The summed E-state index contributed by atoms with van der Waals surface area (Å²) in [7, 11) is 0. The molecule has 0 saturated heterocycles. The van der Waals surface area contributed by atoms with Crippen LogP contribution in [-0.2, 0) is 11.3 Å². The molecule has 126 valence electrons. The SMILES string of the molecule is O=C(NCCNC(=O)c1c(F)cccc1Cl)OCc1ccccc1. The maximum absolute atomic E-state index is 13.6. The summed E-state index contributed by atoms with van der Waals surface area (Å²) >= 11 is 5.80. The summed E-state index contributed by atoms with van der Waals surface area (Å²) in [6.07, 6.45) is -0.600. The average Bonchev–Trinajstić information content (AvgIpc) is 2.57. The van der Waals surface area contributed by atoms with Crippen LogP contribution in [0.15, 0.2) is 48.5 Å². The molecule has 5 nitrogen and oxygen atoms in total. The quantitative estimate of drug-likeness (QED) is 0.786. The summed E-state index contributed by atoms with van der Waals surface area (Å²) < 4.78 is 18.6. The fourth-order valence-corrected chi connectivity index (χ4v) is 2.17. The summed E-state index contributed by atoms with van der Waals surface area (Å²) in [6.45, 7) is 0.416. The highest BCUT2D eigenvalue weighted by Gasteiger charge is 2.15. The van der Waals surface area contributed by atoms with Crippen molar-refractivity contribution < 1.29 is 18.7 Å². The van der Waals surface area contributed by atoms with Gasteiger partial charge in [0.05, 0.1) is 10.6 Å². The van der Waals surface area contributed by atoms with Crippen molar-refractivity contribution >= 4 is 23.6 Å². The molecular formula is C17H16ClFN2O3. The number of carbonyl (C=O) groups excluding carboxylic acids is 2. The van der Waals surface area contributed by atoms with Crippen LogP contribution in [0.5, 0.6) is 0 Å². The summed E-state index contributed by atoms with van der Waals surface area (Å²) in [5.41, 5.74) is 0.654. The Morgan fingerprint density at radius 2 is 1.71 bits per heavy atom. The maximum atomic E-state index is 13.6. The molecule has 7 heteroatoms. The van der Waals surface area contributed by atoms with Crippen LogP contribution in [0.1, 0.15) is 15.9 Å². The number of halogens is 2. The number of hydrogen-bond donors (Lipinski definition) is 2. The molecule has 0 aliphatic heterocycles. The molecule has 24 heavy (non-hydrogen) atoms. The lowest BCUT2D eigenvalue weighted by molar-refractivity contribution is 0.0948. The average molecular weight is 351 g/mol. The number of rotatable bonds is 6. The predicted molar refractivity (Wildman–Crippen MR) is 88.4 cm³/mol. The predicted octanol–water partition coefficient (Wildman–Crippen LogP) is 3.14. The molecule has 0 spiro atoms. The van der Waals surface area contributed by atoms with E-state index in [-0.39, 0.29) is 30.3 Å². The number of benzene rings is 2. The number of carbonyl (C=O) groups is 2. The van der Waals surface area contributed by atoms with Gasteiger partial charge in [-0.05, 0) is 17.7 Å². The molecule has 2 rings (SSSR count). The van der Waals surface area contributed by atoms with E-state index in [0.29, 0.717) is 0 Å². The van der Waals surface area contributed by atoms with Gasteiger partial charge >= 0.3 is 6.09 Å². The summed E-state index contributed by atoms with van der Waals surface area (Å²) in [5, 5.41) is 4.99. The van der Waals surface area contributed by atoms with E-state index < -0.39 is 17.8 Å². The van der Waals surface area contributed by atoms with Crippen molar-refractivity contribution in [2.45, 2.75) is 6.61 Å². The molecule has 0 unspecified atom stereocenters. The van der Waals surface area contributed by atoms with Crippen molar-refractivity contribution in [1.29, 1.82) is 0 Å². The van der Waals surface area contributed by atoms with Gasteiger partial charge in [0.2, 0.25) is 0 Å². The smallest absolute Gasteiger partial charge is 0.407 e.